The Balaban J connectivity index is 1.29. The Labute approximate surface area is 189 Å². The fourth-order valence-corrected chi connectivity index (χ4v) is 4.52. The van der Waals surface area contributed by atoms with Crippen LogP contribution in [0.25, 0.3) is 33.3 Å². The number of hydrogen-bond donors (Lipinski definition) is 1. The third-order valence-corrected chi connectivity index (χ3v) is 6.19. The first-order valence-electron chi connectivity index (χ1n) is 10.5. The number of carbonyl (C=O) groups excluding carboxylic acids is 1. The zero-order chi connectivity index (χ0) is 22.1. The van der Waals surface area contributed by atoms with Crippen molar-refractivity contribution in [2.75, 3.05) is 11.1 Å². The Morgan fingerprint density at radius 1 is 1.00 bits per heavy atom. The van der Waals surface area contributed by atoms with Crippen LogP contribution in [0.15, 0.2) is 76.4 Å². The first kappa shape index (κ1) is 20.3. The van der Waals surface area contributed by atoms with E-state index in [1.807, 2.05) is 49.4 Å². The zero-order valence-corrected chi connectivity index (χ0v) is 18.6. The van der Waals surface area contributed by atoms with Crippen molar-refractivity contribution in [1.29, 1.82) is 0 Å². The van der Waals surface area contributed by atoms with Gasteiger partial charge in [-0.3, -0.25) is 4.79 Å². The van der Waals surface area contributed by atoms with Crippen molar-refractivity contribution in [2.24, 2.45) is 0 Å². The topological polar surface area (TPSA) is 73.0 Å². The van der Waals surface area contributed by atoms with Crippen molar-refractivity contribution < 1.29 is 9.21 Å². The number of anilines is 1. The number of rotatable bonds is 6. The quantitative estimate of drug-likeness (QED) is 0.331. The molecule has 1 N–H and O–H groups in total. The molecule has 32 heavy (non-hydrogen) atoms. The third kappa shape index (κ3) is 3.87. The lowest BCUT2D eigenvalue weighted by molar-refractivity contribution is -0.113. The SMILES string of the molecule is CCn1c2ccccc2c2cc(NC(=O)CSc3nnc(-c4cccc(C)c4)o3)ccc21. The summed E-state index contributed by atoms with van der Waals surface area (Å²) in [5.74, 6) is 0.516. The second-order valence-electron chi connectivity index (χ2n) is 7.57. The fraction of sp³-hybridized carbons (Fsp3) is 0.160. The number of benzene rings is 3. The van der Waals surface area contributed by atoms with Gasteiger partial charge in [-0.1, -0.05) is 47.7 Å². The lowest BCUT2D eigenvalue weighted by Gasteiger charge is -2.06. The van der Waals surface area contributed by atoms with Crippen molar-refractivity contribution in [3.05, 3.63) is 72.3 Å². The minimum atomic E-state index is -0.121. The monoisotopic (exact) mass is 442 g/mol. The van der Waals surface area contributed by atoms with E-state index >= 15 is 0 Å². The highest BCUT2D eigenvalue weighted by Gasteiger charge is 2.13. The molecular weight excluding hydrogens is 420 g/mol. The van der Waals surface area contributed by atoms with Crippen molar-refractivity contribution in [2.45, 2.75) is 25.6 Å². The van der Waals surface area contributed by atoms with Crippen LogP contribution in [-0.2, 0) is 11.3 Å². The predicted octanol–water partition coefficient (Wildman–Crippen LogP) is 5.90. The molecule has 0 radical (unpaired) electrons. The van der Waals surface area contributed by atoms with E-state index in [0.29, 0.717) is 11.1 Å². The van der Waals surface area contributed by atoms with Crippen molar-refractivity contribution in [1.82, 2.24) is 14.8 Å². The van der Waals surface area contributed by atoms with E-state index in [0.717, 1.165) is 34.3 Å². The predicted molar refractivity (Wildman–Crippen MR) is 129 cm³/mol. The largest absolute Gasteiger partial charge is 0.411 e. The van der Waals surface area contributed by atoms with Gasteiger partial charge in [0.05, 0.1) is 5.75 Å². The van der Waals surface area contributed by atoms with Crippen LogP contribution in [0.4, 0.5) is 5.69 Å². The molecule has 6 nitrogen and oxygen atoms in total. The van der Waals surface area contributed by atoms with E-state index in [4.69, 9.17) is 4.42 Å². The van der Waals surface area contributed by atoms with Gasteiger partial charge in [0, 0.05) is 39.6 Å². The molecule has 5 aromatic rings. The summed E-state index contributed by atoms with van der Waals surface area (Å²) in [6.45, 7) is 5.04. The van der Waals surface area contributed by atoms with Crippen molar-refractivity contribution in [3.8, 4) is 11.5 Å². The maximum absolute atomic E-state index is 12.5. The molecule has 0 saturated heterocycles. The Kier molecular flexibility index (Phi) is 5.41. The average Bonchev–Trinajstić information content (AvgIpc) is 3.40. The summed E-state index contributed by atoms with van der Waals surface area (Å²) in [5.41, 5.74) is 5.12. The second kappa shape index (κ2) is 8.51. The molecule has 0 unspecified atom stereocenters. The lowest BCUT2D eigenvalue weighted by atomic mass is 10.1. The maximum Gasteiger partial charge on any atom is 0.277 e. The molecule has 0 saturated carbocycles. The summed E-state index contributed by atoms with van der Waals surface area (Å²) < 4.78 is 7.99. The van der Waals surface area contributed by atoms with Crippen LogP contribution in [0.2, 0.25) is 0 Å². The summed E-state index contributed by atoms with van der Waals surface area (Å²) in [4.78, 5) is 12.5. The highest BCUT2D eigenvalue weighted by molar-refractivity contribution is 7.99. The zero-order valence-electron chi connectivity index (χ0n) is 17.8. The molecule has 0 aliphatic carbocycles. The van der Waals surface area contributed by atoms with Gasteiger partial charge in [-0.15, -0.1) is 10.2 Å². The number of nitrogens with zero attached hydrogens (tertiary/aromatic N) is 3. The molecule has 0 aliphatic rings. The number of aryl methyl sites for hydroxylation is 2. The first-order valence-corrected chi connectivity index (χ1v) is 11.4. The van der Waals surface area contributed by atoms with Gasteiger partial charge in [-0.25, -0.2) is 0 Å². The smallest absolute Gasteiger partial charge is 0.277 e. The Morgan fingerprint density at radius 3 is 2.69 bits per heavy atom. The summed E-state index contributed by atoms with van der Waals surface area (Å²) in [6.07, 6.45) is 0. The van der Waals surface area contributed by atoms with E-state index < -0.39 is 0 Å². The van der Waals surface area contributed by atoms with Gasteiger partial charge >= 0.3 is 0 Å². The number of hydrogen-bond acceptors (Lipinski definition) is 5. The molecule has 2 aromatic heterocycles. The van der Waals surface area contributed by atoms with Gasteiger partial charge in [0.2, 0.25) is 11.8 Å². The molecule has 0 fully saturated rings. The van der Waals surface area contributed by atoms with Crippen LogP contribution < -0.4 is 5.32 Å². The minimum Gasteiger partial charge on any atom is -0.411 e. The molecule has 3 aromatic carbocycles. The highest BCUT2D eigenvalue weighted by atomic mass is 32.2. The molecule has 0 spiro atoms. The number of amides is 1. The number of nitrogens with one attached hydrogen (secondary N) is 1. The summed E-state index contributed by atoms with van der Waals surface area (Å²) in [7, 11) is 0. The lowest BCUT2D eigenvalue weighted by Crippen LogP contribution is -2.13. The summed E-state index contributed by atoms with van der Waals surface area (Å²) in [6, 6.07) is 22.2. The van der Waals surface area contributed by atoms with Crippen LogP contribution in [0.5, 0.6) is 0 Å². The van der Waals surface area contributed by atoms with E-state index in [1.54, 1.807) is 0 Å². The van der Waals surface area contributed by atoms with E-state index in [1.165, 1.54) is 22.7 Å². The fourth-order valence-electron chi connectivity index (χ4n) is 3.96. The normalized spacial score (nSPS) is 11.3. The average molecular weight is 443 g/mol. The molecule has 160 valence electrons. The van der Waals surface area contributed by atoms with Gasteiger partial charge in [-0.05, 0) is 50.2 Å². The van der Waals surface area contributed by atoms with Crippen molar-refractivity contribution >= 4 is 45.2 Å². The molecule has 0 aliphatic heterocycles. The second-order valence-corrected chi connectivity index (χ2v) is 8.50. The number of para-hydroxylation sites is 1. The van der Waals surface area contributed by atoms with Gasteiger partial charge in [0.25, 0.3) is 5.22 Å². The maximum atomic E-state index is 12.5. The Bertz CT molecular complexity index is 1440. The summed E-state index contributed by atoms with van der Waals surface area (Å²) >= 11 is 1.22. The number of fused-ring (bicyclic) bond motifs is 3. The van der Waals surface area contributed by atoms with Crippen molar-refractivity contribution in [3.63, 3.8) is 0 Å². The first-order chi connectivity index (χ1) is 15.6. The van der Waals surface area contributed by atoms with Gasteiger partial charge in [-0.2, -0.15) is 0 Å². The Morgan fingerprint density at radius 2 is 1.84 bits per heavy atom. The van der Waals surface area contributed by atoms with Gasteiger partial charge in [0.1, 0.15) is 0 Å². The number of thioether (sulfide) groups is 1. The summed E-state index contributed by atoms with van der Waals surface area (Å²) in [5, 5.41) is 13.8. The standard InChI is InChI=1S/C25H22N4O2S/c1-3-29-21-10-5-4-9-19(21)20-14-18(11-12-22(20)29)26-23(30)15-32-25-28-27-24(31-25)17-8-6-7-16(2)13-17/h4-14H,3,15H2,1-2H3,(H,26,30). The molecule has 5 rings (SSSR count). The van der Waals surface area contributed by atoms with Crippen LogP contribution in [-0.4, -0.2) is 26.4 Å². The minimum absolute atomic E-state index is 0.121. The van der Waals surface area contributed by atoms with E-state index in [-0.39, 0.29) is 11.7 Å². The Hall–Kier alpha value is -3.58. The van der Waals surface area contributed by atoms with Crippen LogP contribution in [0, 0.1) is 6.92 Å². The molecule has 2 heterocycles. The van der Waals surface area contributed by atoms with E-state index in [2.05, 4.69) is 51.3 Å². The molecule has 1 amide bonds. The molecular formula is C25H22N4O2S. The van der Waals surface area contributed by atoms with Gasteiger partial charge < -0.3 is 14.3 Å². The number of aromatic nitrogens is 3. The molecule has 0 atom stereocenters. The molecule has 0 bridgehead atoms. The molecule has 7 heteroatoms. The third-order valence-electron chi connectivity index (χ3n) is 5.37. The number of carbonyl (C=O) groups is 1. The van der Waals surface area contributed by atoms with Crippen LogP contribution >= 0.6 is 11.8 Å². The highest BCUT2D eigenvalue weighted by Crippen LogP contribution is 2.31. The van der Waals surface area contributed by atoms with Crippen LogP contribution in [0.3, 0.4) is 0 Å². The van der Waals surface area contributed by atoms with Crippen LogP contribution in [0.1, 0.15) is 12.5 Å². The van der Waals surface area contributed by atoms with Gasteiger partial charge in [0.15, 0.2) is 0 Å². The van der Waals surface area contributed by atoms with E-state index in [9.17, 15) is 4.79 Å².